The molecule has 0 aliphatic carbocycles. The van der Waals surface area contributed by atoms with Gasteiger partial charge in [0, 0.05) is 0 Å². The topological polar surface area (TPSA) is 0 Å². The van der Waals surface area contributed by atoms with Crippen LogP contribution in [0, 0.1) is 0 Å². The number of halogens is 2. The third kappa shape index (κ3) is 9.03. The second-order valence-corrected chi connectivity index (χ2v) is 33.4. The summed E-state index contributed by atoms with van der Waals surface area (Å²) in [4.78, 5) is 0. The molecular weight excluding hydrogens is 891 g/mol. The maximum atomic E-state index is 4.85. The van der Waals surface area contributed by atoms with Crippen LogP contribution in [0.5, 0.6) is 0 Å². The quantitative estimate of drug-likeness (QED) is 0.0999. The molecule has 0 radical (unpaired) electrons. The van der Waals surface area contributed by atoms with E-state index in [1.807, 2.05) is 0 Å². The van der Waals surface area contributed by atoms with Crippen LogP contribution in [0.3, 0.4) is 0 Å². The second kappa shape index (κ2) is 18.4. The number of rotatable bonds is 9. The molecule has 7 heteroatoms. The Balaban J connectivity index is 0.00000160. The van der Waals surface area contributed by atoms with Crippen molar-refractivity contribution in [3.05, 3.63) is 182 Å². The Morgan fingerprint density at radius 3 is 0.825 bits per heavy atom. The fraction of sp³-hybridized carbons (Fsp3) is 0.120. The molecular formula is C50H48Cl2P2RuSi2. The second-order valence-electron chi connectivity index (χ2n) is 16.3. The summed E-state index contributed by atoms with van der Waals surface area (Å²) < 4.78 is 0. The van der Waals surface area contributed by atoms with Gasteiger partial charge in [-0.1, -0.05) is 232 Å². The molecule has 0 atom stereocenters. The predicted molar refractivity (Wildman–Crippen MR) is 262 cm³/mol. The molecule has 0 saturated heterocycles. The van der Waals surface area contributed by atoms with Gasteiger partial charge in [0.1, 0.15) is 0 Å². The van der Waals surface area contributed by atoms with E-state index in [2.05, 4.69) is 221 Å². The van der Waals surface area contributed by atoms with Crippen molar-refractivity contribution in [1.29, 1.82) is 0 Å². The van der Waals surface area contributed by atoms with E-state index >= 15 is 0 Å². The van der Waals surface area contributed by atoms with Crippen LogP contribution in [-0.4, -0.2) is 16.1 Å². The van der Waals surface area contributed by atoms with Gasteiger partial charge in [0.2, 0.25) is 0 Å². The third-order valence-electron chi connectivity index (χ3n) is 10.5. The van der Waals surface area contributed by atoms with E-state index in [4.69, 9.17) is 19.4 Å². The van der Waals surface area contributed by atoms with Gasteiger partial charge in [-0.2, -0.15) is 0 Å². The van der Waals surface area contributed by atoms with Crippen LogP contribution in [-0.2, 0) is 15.1 Å². The van der Waals surface area contributed by atoms with Crippen molar-refractivity contribution < 1.29 is 15.1 Å². The zero-order chi connectivity index (χ0) is 40.2. The molecule has 0 aliphatic heterocycles. The van der Waals surface area contributed by atoms with Crippen molar-refractivity contribution in [2.24, 2.45) is 0 Å². The molecule has 0 heterocycles. The Kier molecular flexibility index (Phi) is 13.5. The van der Waals surface area contributed by atoms with Gasteiger partial charge >= 0.3 is 34.5 Å². The molecule has 8 rings (SSSR count). The van der Waals surface area contributed by atoms with Crippen LogP contribution in [0.15, 0.2) is 182 Å². The summed E-state index contributed by atoms with van der Waals surface area (Å²) in [5.74, 6) is 0. The molecule has 0 saturated carbocycles. The van der Waals surface area contributed by atoms with Gasteiger partial charge in [-0.05, 0) is 80.3 Å². The summed E-state index contributed by atoms with van der Waals surface area (Å²) in [5.41, 5.74) is 2.80. The average Bonchev–Trinajstić information content (AvgIpc) is 3.22. The van der Waals surface area contributed by atoms with Crippen molar-refractivity contribution in [2.45, 2.75) is 39.3 Å². The Bertz CT molecular complexity index is 2330. The number of hydrogen-bond acceptors (Lipinski definition) is 0. The van der Waals surface area contributed by atoms with Gasteiger partial charge in [-0.15, -0.1) is 0 Å². The molecule has 8 aromatic carbocycles. The van der Waals surface area contributed by atoms with Crippen LogP contribution < -0.4 is 42.2 Å². The van der Waals surface area contributed by atoms with Crippen molar-refractivity contribution in [3.8, 4) is 11.1 Å². The summed E-state index contributed by atoms with van der Waals surface area (Å²) in [7, 11) is 4.26. The summed E-state index contributed by atoms with van der Waals surface area (Å²) in [6, 6.07) is 69.4. The van der Waals surface area contributed by atoms with Crippen molar-refractivity contribution in [1.82, 2.24) is 0 Å². The van der Waals surface area contributed by atoms with E-state index in [0.29, 0.717) is 0 Å². The zero-order valence-corrected chi connectivity index (χ0v) is 40.4. The van der Waals surface area contributed by atoms with Crippen molar-refractivity contribution >= 4 is 115 Å². The SMILES string of the molecule is C[Si](C)(C)c1cc(P(c2ccccc2)c2ccccc2)c(-c2c(P(c3ccccc3)c3ccccc3)cc([Si](C)(C)C)c3ccccc23)c2ccccc12.[Cl][Ru][Cl]. The van der Waals surface area contributed by atoms with Crippen LogP contribution in [0.4, 0.5) is 0 Å². The van der Waals surface area contributed by atoms with Gasteiger partial charge in [0.05, 0.1) is 16.1 Å². The van der Waals surface area contributed by atoms with Crippen LogP contribution in [0.1, 0.15) is 0 Å². The average molecular weight is 939 g/mol. The predicted octanol–water partition coefficient (Wildman–Crippen LogP) is 11.6. The van der Waals surface area contributed by atoms with E-state index in [1.54, 1.807) is 0 Å². The zero-order valence-electron chi connectivity index (χ0n) is 33.3. The molecule has 8 aromatic rings. The van der Waals surface area contributed by atoms with Crippen molar-refractivity contribution in [2.75, 3.05) is 0 Å². The molecule has 0 nitrogen and oxygen atoms in total. The molecule has 0 spiro atoms. The van der Waals surface area contributed by atoms with Crippen molar-refractivity contribution in [3.63, 3.8) is 0 Å². The maximum absolute atomic E-state index is 4.85. The van der Waals surface area contributed by atoms with Crippen LogP contribution >= 0.6 is 35.2 Å². The van der Waals surface area contributed by atoms with Gasteiger partial charge < -0.3 is 0 Å². The van der Waals surface area contributed by atoms with Crippen LogP contribution in [0.25, 0.3) is 32.7 Å². The van der Waals surface area contributed by atoms with E-state index in [9.17, 15) is 0 Å². The molecule has 0 unspecified atom stereocenters. The molecule has 0 aromatic heterocycles. The van der Waals surface area contributed by atoms with Crippen LogP contribution in [0.2, 0.25) is 39.3 Å². The first-order chi connectivity index (χ1) is 27.5. The Morgan fingerprint density at radius 1 is 0.351 bits per heavy atom. The van der Waals surface area contributed by atoms with Gasteiger partial charge in [0.25, 0.3) is 0 Å². The van der Waals surface area contributed by atoms with E-state index < -0.39 is 32.0 Å². The summed E-state index contributed by atoms with van der Waals surface area (Å²) in [5, 5.41) is 17.1. The van der Waals surface area contributed by atoms with Gasteiger partial charge in [-0.25, -0.2) is 0 Å². The third-order valence-corrected chi connectivity index (χ3v) is 19.4. The fourth-order valence-electron chi connectivity index (χ4n) is 8.00. The molecule has 288 valence electrons. The van der Waals surface area contributed by atoms with E-state index in [1.165, 1.54) is 74.9 Å². The minimum absolute atomic E-state index is 0.346. The summed E-state index contributed by atoms with van der Waals surface area (Å²) in [6.45, 7) is 15.1. The normalized spacial score (nSPS) is 12.0. The van der Waals surface area contributed by atoms with Gasteiger partial charge in [-0.3, -0.25) is 0 Å². The summed E-state index contributed by atoms with van der Waals surface area (Å²) >= 11 is -0.346. The first-order valence-electron chi connectivity index (χ1n) is 19.3. The molecule has 57 heavy (non-hydrogen) atoms. The number of fused-ring (bicyclic) bond motifs is 2. The Morgan fingerprint density at radius 2 is 0.579 bits per heavy atom. The molecule has 0 N–H and O–H groups in total. The summed E-state index contributed by atoms with van der Waals surface area (Å²) in [6.07, 6.45) is 0. The Labute approximate surface area is 359 Å². The first-order valence-corrected chi connectivity index (χ1v) is 33.5. The standard InChI is InChI=1S/C50H48P2Si2.2ClH.Ru/c1-53(2,3)47-35-45(51(37-23-11-7-12-24-37)38-25-13-8-14-26-38)49(43-33-21-19-31-41(43)47)50-44-34-22-20-32-42(44)48(54(4,5)6)36-46(50)52(39-27-15-9-16-28-39)40-29-17-10-18-30-40;;;/h7-36H,1-6H3;2*1H;/q;;;+2/p-2. The Hall–Kier alpha value is -3.22. The first kappa shape index (κ1) is 41.9. The molecule has 0 fully saturated rings. The minimum atomic E-state index is -1.81. The molecule has 0 amide bonds. The van der Waals surface area contributed by atoms with E-state index in [0.717, 1.165) is 0 Å². The monoisotopic (exact) mass is 938 g/mol. The molecule has 0 bridgehead atoms. The fourth-order valence-corrected chi connectivity index (χ4v) is 16.5. The number of benzene rings is 8. The molecule has 0 aliphatic rings. The van der Waals surface area contributed by atoms with E-state index in [-0.39, 0.29) is 15.1 Å². The van der Waals surface area contributed by atoms with Gasteiger partial charge in [0.15, 0.2) is 0 Å². The number of hydrogen-bond donors (Lipinski definition) is 0.